The monoisotopic (exact) mass is 498 g/mol. The van der Waals surface area contributed by atoms with Gasteiger partial charge in [-0.3, -0.25) is 4.79 Å². The number of benzene rings is 2. The molecule has 0 saturated heterocycles. The van der Waals surface area contributed by atoms with Crippen molar-refractivity contribution in [3.8, 4) is 11.1 Å². The molecule has 0 radical (unpaired) electrons. The number of esters is 1. The van der Waals surface area contributed by atoms with Crippen molar-refractivity contribution in [3.63, 3.8) is 0 Å². The lowest BCUT2D eigenvalue weighted by atomic mass is 9.70. The van der Waals surface area contributed by atoms with Crippen molar-refractivity contribution in [2.24, 2.45) is 0 Å². The van der Waals surface area contributed by atoms with Crippen LogP contribution in [-0.4, -0.2) is 12.6 Å². The average Bonchev–Trinajstić information content (AvgIpc) is 3.02. The Morgan fingerprint density at radius 1 is 0.844 bits per heavy atom. The molecule has 3 heteroatoms. The quantitative estimate of drug-likeness (QED) is 0.203. The van der Waals surface area contributed by atoms with E-state index < -0.39 is 0 Å². The van der Waals surface area contributed by atoms with E-state index in [1.54, 1.807) is 0 Å². The van der Waals surface area contributed by atoms with E-state index in [-0.39, 0.29) is 11.4 Å². The SMILES string of the molecule is CCCCCCCC1(CCCC(=O)OCCCC)c2cc(C)ccc2-c2ccc(Br)cc21. The molecule has 0 heterocycles. The highest BCUT2D eigenvalue weighted by molar-refractivity contribution is 9.10. The highest BCUT2D eigenvalue weighted by Gasteiger charge is 2.42. The summed E-state index contributed by atoms with van der Waals surface area (Å²) in [5, 5.41) is 0. The Labute approximate surface area is 203 Å². The molecule has 2 aromatic carbocycles. The highest BCUT2D eigenvalue weighted by Crippen LogP contribution is 2.54. The number of hydrogen-bond donors (Lipinski definition) is 0. The van der Waals surface area contributed by atoms with E-state index in [0.29, 0.717) is 13.0 Å². The zero-order valence-corrected chi connectivity index (χ0v) is 21.7. The third-order valence-electron chi connectivity index (χ3n) is 6.93. The second-order valence-electron chi connectivity index (χ2n) is 9.41. The minimum absolute atomic E-state index is 0.0175. The molecule has 174 valence electrons. The normalized spacial score (nSPS) is 16.6. The Morgan fingerprint density at radius 3 is 2.25 bits per heavy atom. The molecule has 0 bridgehead atoms. The molecular weight excluding hydrogens is 460 g/mol. The lowest BCUT2D eigenvalue weighted by molar-refractivity contribution is -0.143. The molecule has 0 fully saturated rings. The van der Waals surface area contributed by atoms with Gasteiger partial charge in [0, 0.05) is 16.3 Å². The second kappa shape index (κ2) is 12.0. The van der Waals surface area contributed by atoms with Crippen molar-refractivity contribution >= 4 is 21.9 Å². The van der Waals surface area contributed by atoms with Crippen LogP contribution in [0.2, 0.25) is 0 Å². The third-order valence-corrected chi connectivity index (χ3v) is 7.42. The standard InChI is InChI=1S/C29H39BrO2/c1-4-6-8-9-10-17-29(18-11-12-28(31)32-19-7-5-2)26-20-22(3)13-15-24(26)25-16-14-23(30)21-27(25)29/h13-16,20-21H,4-12,17-19H2,1-3H3. The first kappa shape index (κ1) is 25.0. The van der Waals surface area contributed by atoms with E-state index in [0.717, 1.165) is 36.6 Å². The molecule has 1 aliphatic carbocycles. The van der Waals surface area contributed by atoms with Gasteiger partial charge in [0.2, 0.25) is 0 Å². The largest absolute Gasteiger partial charge is 0.466 e. The summed E-state index contributed by atoms with van der Waals surface area (Å²) >= 11 is 3.73. The van der Waals surface area contributed by atoms with Gasteiger partial charge < -0.3 is 4.74 Å². The Balaban J connectivity index is 1.87. The zero-order valence-electron chi connectivity index (χ0n) is 20.1. The number of aryl methyl sites for hydroxylation is 1. The molecule has 1 unspecified atom stereocenters. The first-order valence-corrected chi connectivity index (χ1v) is 13.4. The molecule has 0 aromatic heterocycles. The van der Waals surface area contributed by atoms with Crippen molar-refractivity contribution in [2.45, 2.75) is 96.8 Å². The van der Waals surface area contributed by atoms with Crippen molar-refractivity contribution in [1.82, 2.24) is 0 Å². The zero-order chi connectivity index (χ0) is 23.0. The summed E-state index contributed by atoms with van der Waals surface area (Å²) in [5.74, 6) is -0.0477. The predicted octanol–water partition coefficient (Wildman–Crippen LogP) is 8.90. The second-order valence-corrected chi connectivity index (χ2v) is 10.3. The Bertz CT molecular complexity index is 851. The van der Waals surface area contributed by atoms with Crippen molar-refractivity contribution in [2.75, 3.05) is 6.61 Å². The number of carbonyl (C=O) groups excluding carboxylic acids is 1. The van der Waals surface area contributed by atoms with Crippen LogP contribution in [0, 0.1) is 6.92 Å². The van der Waals surface area contributed by atoms with Crippen molar-refractivity contribution < 1.29 is 9.53 Å². The minimum atomic E-state index is -0.0477. The van der Waals surface area contributed by atoms with E-state index >= 15 is 0 Å². The topological polar surface area (TPSA) is 26.3 Å². The smallest absolute Gasteiger partial charge is 0.305 e. The molecule has 1 atom stereocenters. The summed E-state index contributed by atoms with van der Waals surface area (Å²) in [4.78, 5) is 12.3. The summed E-state index contributed by atoms with van der Waals surface area (Å²) in [6, 6.07) is 13.7. The van der Waals surface area contributed by atoms with Gasteiger partial charge in [-0.1, -0.05) is 98.1 Å². The summed E-state index contributed by atoms with van der Waals surface area (Å²) in [6.45, 7) is 7.13. The molecule has 2 aromatic rings. The van der Waals surface area contributed by atoms with E-state index in [4.69, 9.17) is 4.74 Å². The van der Waals surface area contributed by atoms with Gasteiger partial charge in [0.05, 0.1) is 6.61 Å². The van der Waals surface area contributed by atoms with E-state index in [1.165, 1.54) is 59.9 Å². The summed E-state index contributed by atoms with van der Waals surface area (Å²) < 4.78 is 6.57. The molecular formula is C29H39BrO2. The summed E-state index contributed by atoms with van der Waals surface area (Å²) in [5.41, 5.74) is 6.92. The molecule has 32 heavy (non-hydrogen) atoms. The average molecular weight is 500 g/mol. The number of ether oxygens (including phenoxy) is 1. The number of carbonyl (C=O) groups is 1. The molecule has 1 aliphatic rings. The third kappa shape index (κ3) is 5.84. The fourth-order valence-electron chi connectivity index (χ4n) is 5.21. The number of hydrogen-bond acceptors (Lipinski definition) is 2. The van der Waals surface area contributed by atoms with Gasteiger partial charge in [-0.05, 0) is 67.0 Å². The fourth-order valence-corrected chi connectivity index (χ4v) is 5.57. The van der Waals surface area contributed by atoms with Gasteiger partial charge >= 0.3 is 5.97 Å². The van der Waals surface area contributed by atoms with Crippen LogP contribution in [0.5, 0.6) is 0 Å². The van der Waals surface area contributed by atoms with Crippen molar-refractivity contribution in [3.05, 3.63) is 57.6 Å². The highest BCUT2D eigenvalue weighted by atomic mass is 79.9. The van der Waals surface area contributed by atoms with Crippen LogP contribution in [0.15, 0.2) is 40.9 Å². The minimum Gasteiger partial charge on any atom is -0.466 e. The van der Waals surface area contributed by atoms with Crippen LogP contribution in [0.4, 0.5) is 0 Å². The maximum Gasteiger partial charge on any atom is 0.305 e. The Morgan fingerprint density at radius 2 is 1.50 bits per heavy atom. The van der Waals surface area contributed by atoms with Crippen LogP contribution in [0.25, 0.3) is 11.1 Å². The van der Waals surface area contributed by atoms with Crippen LogP contribution in [0.1, 0.15) is 101 Å². The van der Waals surface area contributed by atoms with Gasteiger partial charge in [0.25, 0.3) is 0 Å². The number of fused-ring (bicyclic) bond motifs is 3. The van der Waals surface area contributed by atoms with Crippen LogP contribution < -0.4 is 0 Å². The molecule has 0 amide bonds. The fraction of sp³-hybridized carbons (Fsp3) is 0.552. The number of rotatable bonds is 13. The molecule has 2 nitrogen and oxygen atoms in total. The summed E-state index contributed by atoms with van der Waals surface area (Å²) in [6.07, 6.45) is 11.9. The van der Waals surface area contributed by atoms with Gasteiger partial charge in [0.1, 0.15) is 0 Å². The number of unbranched alkanes of at least 4 members (excludes halogenated alkanes) is 5. The van der Waals surface area contributed by atoms with Gasteiger partial charge in [0.15, 0.2) is 0 Å². The van der Waals surface area contributed by atoms with E-state index in [9.17, 15) is 4.79 Å². The van der Waals surface area contributed by atoms with E-state index in [1.807, 2.05) is 0 Å². The van der Waals surface area contributed by atoms with Crippen LogP contribution in [-0.2, 0) is 14.9 Å². The summed E-state index contributed by atoms with van der Waals surface area (Å²) in [7, 11) is 0. The van der Waals surface area contributed by atoms with Gasteiger partial charge in [-0.15, -0.1) is 0 Å². The first-order chi connectivity index (χ1) is 15.5. The van der Waals surface area contributed by atoms with Crippen LogP contribution in [0.3, 0.4) is 0 Å². The lowest BCUT2D eigenvalue weighted by Gasteiger charge is -2.33. The molecule has 3 rings (SSSR count). The van der Waals surface area contributed by atoms with E-state index in [2.05, 4.69) is 73.1 Å². The van der Waals surface area contributed by atoms with Crippen LogP contribution >= 0.6 is 15.9 Å². The molecule has 0 spiro atoms. The maximum atomic E-state index is 12.3. The molecule has 0 aliphatic heterocycles. The lowest BCUT2D eigenvalue weighted by Crippen LogP contribution is -2.26. The van der Waals surface area contributed by atoms with Gasteiger partial charge in [-0.25, -0.2) is 0 Å². The Hall–Kier alpha value is -1.61. The number of halogens is 1. The molecule has 0 saturated carbocycles. The maximum absolute atomic E-state index is 12.3. The Kier molecular flexibility index (Phi) is 9.40. The first-order valence-electron chi connectivity index (χ1n) is 12.6. The van der Waals surface area contributed by atoms with Gasteiger partial charge in [-0.2, -0.15) is 0 Å². The van der Waals surface area contributed by atoms with Crippen molar-refractivity contribution in [1.29, 1.82) is 0 Å². The predicted molar refractivity (Wildman–Crippen MR) is 138 cm³/mol. The molecule has 0 N–H and O–H groups in total.